The maximum atomic E-state index is 12.7. The fraction of sp³-hybridized carbons (Fsp3) is 0.323. The molecule has 2 atom stereocenters. The van der Waals surface area contributed by atoms with E-state index in [9.17, 15) is 14.4 Å². The summed E-state index contributed by atoms with van der Waals surface area (Å²) in [5, 5.41) is 0. The van der Waals surface area contributed by atoms with Gasteiger partial charge in [0.15, 0.2) is 6.10 Å². The van der Waals surface area contributed by atoms with Crippen molar-refractivity contribution in [3.63, 3.8) is 0 Å². The third-order valence-electron chi connectivity index (χ3n) is 6.56. The van der Waals surface area contributed by atoms with Crippen LogP contribution in [0.25, 0.3) is 0 Å². The standard InChI is InChI=1S/C31H33NO5/c1-20-6-8-22(9-7-20)29(34)21(2)36-30(35)23-18-28(33)32(19-23)25-12-16-27(17-13-25)37-26-14-10-24(11-15-26)31(3,4)5/h6-17,21,23H,18-19H2,1-5H3/t21-,23-/m0/s1. The number of hydrogen-bond acceptors (Lipinski definition) is 5. The van der Waals surface area contributed by atoms with Gasteiger partial charge in [0.2, 0.25) is 11.7 Å². The van der Waals surface area contributed by atoms with Gasteiger partial charge in [-0.2, -0.15) is 0 Å². The molecule has 0 radical (unpaired) electrons. The van der Waals surface area contributed by atoms with Gasteiger partial charge in [-0.05, 0) is 61.2 Å². The minimum Gasteiger partial charge on any atom is -0.457 e. The van der Waals surface area contributed by atoms with Crippen LogP contribution in [-0.2, 0) is 19.7 Å². The highest BCUT2D eigenvalue weighted by Crippen LogP contribution is 2.30. The Morgan fingerprint density at radius 2 is 1.46 bits per heavy atom. The normalized spacial score (nSPS) is 16.4. The van der Waals surface area contributed by atoms with E-state index < -0.39 is 18.0 Å². The number of aryl methyl sites for hydroxylation is 1. The van der Waals surface area contributed by atoms with E-state index in [-0.39, 0.29) is 30.1 Å². The number of amides is 1. The first kappa shape index (κ1) is 26.1. The van der Waals surface area contributed by atoms with Crippen LogP contribution in [-0.4, -0.2) is 30.3 Å². The molecule has 192 valence electrons. The lowest BCUT2D eigenvalue weighted by Crippen LogP contribution is -2.30. The van der Waals surface area contributed by atoms with E-state index in [4.69, 9.17) is 9.47 Å². The van der Waals surface area contributed by atoms with E-state index >= 15 is 0 Å². The number of rotatable bonds is 7. The molecule has 1 saturated heterocycles. The minimum atomic E-state index is -0.923. The zero-order chi connectivity index (χ0) is 26.7. The third-order valence-corrected chi connectivity index (χ3v) is 6.56. The second kappa shape index (κ2) is 10.6. The highest BCUT2D eigenvalue weighted by Gasteiger charge is 2.37. The van der Waals surface area contributed by atoms with Crippen molar-refractivity contribution in [2.24, 2.45) is 5.92 Å². The molecule has 0 unspecified atom stereocenters. The summed E-state index contributed by atoms with van der Waals surface area (Å²) in [7, 11) is 0. The molecule has 3 aromatic carbocycles. The van der Waals surface area contributed by atoms with Gasteiger partial charge in [0.1, 0.15) is 11.5 Å². The molecule has 1 aliphatic heterocycles. The lowest BCUT2D eigenvalue weighted by Gasteiger charge is -2.19. The maximum Gasteiger partial charge on any atom is 0.312 e. The van der Waals surface area contributed by atoms with Gasteiger partial charge in [-0.3, -0.25) is 14.4 Å². The highest BCUT2D eigenvalue weighted by atomic mass is 16.5. The minimum absolute atomic E-state index is 0.0443. The van der Waals surface area contributed by atoms with Gasteiger partial charge < -0.3 is 14.4 Å². The van der Waals surface area contributed by atoms with Gasteiger partial charge in [-0.25, -0.2) is 0 Å². The Morgan fingerprint density at radius 3 is 2.03 bits per heavy atom. The fourth-order valence-corrected chi connectivity index (χ4v) is 4.24. The summed E-state index contributed by atoms with van der Waals surface area (Å²) in [5.74, 6) is -0.210. The zero-order valence-electron chi connectivity index (χ0n) is 22.0. The molecule has 1 fully saturated rings. The third kappa shape index (κ3) is 6.26. The van der Waals surface area contributed by atoms with E-state index in [1.165, 1.54) is 5.56 Å². The highest BCUT2D eigenvalue weighted by molar-refractivity contribution is 6.02. The summed E-state index contributed by atoms with van der Waals surface area (Å²) in [5.41, 5.74) is 3.51. The molecule has 0 bridgehead atoms. The Balaban J connectivity index is 1.34. The predicted molar refractivity (Wildman–Crippen MR) is 143 cm³/mol. The van der Waals surface area contributed by atoms with Crippen LogP contribution in [0.3, 0.4) is 0 Å². The zero-order valence-corrected chi connectivity index (χ0v) is 22.0. The quantitative estimate of drug-likeness (QED) is 0.284. The van der Waals surface area contributed by atoms with Gasteiger partial charge >= 0.3 is 5.97 Å². The molecule has 0 aromatic heterocycles. The van der Waals surface area contributed by atoms with Crippen molar-refractivity contribution in [1.82, 2.24) is 0 Å². The molecular weight excluding hydrogens is 466 g/mol. The van der Waals surface area contributed by atoms with Gasteiger partial charge in [-0.15, -0.1) is 0 Å². The smallest absolute Gasteiger partial charge is 0.312 e. The van der Waals surface area contributed by atoms with Crippen molar-refractivity contribution in [3.05, 3.63) is 89.5 Å². The summed E-state index contributed by atoms with van der Waals surface area (Å²) in [6.45, 7) is 10.2. The van der Waals surface area contributed by atoms with Crippen molar-refractivity contribution >= 4 is 23.3 Å². The molecule has 3 aromatic rings. The van der Waals surface area contributed by atoms with Gasteiger partial charge in [0, 0.05) is 24.2 Å². The number of benzene rings is 3. The van der Waals surface area contributed by atoms with E-state index in [1.807, 2.05) is 31.2 Å². The molecular formula is C31H33NO5. The van der Waals surface area contributed by atoms with Crippen LogP contribution >= 0.6 is 0 Å². The number of carbonyl (C=O) groups is 3. The molecule has 6 heteroatoms. The number of esters is 1. The van der Waals surface area contributed by atoms with Crippen molar-refractivity contribution in [2.75, 3.05) is 11.4 Å². The fourth-order valence-electron chi connectivity index (χ4n) is 4.24. The number of hydrogen-bond donors (Lipinski definition) is 0. The van der Waals surface area contributed by atoms with E-state index in [0.717, 1.165) is 11.3 Å². The van der Waals surface area contributed by atoms with E-state index in [1.54, 1.807) is 48.2 Å². The molecule has 0 spiro atoms. The Hall–Kier alpha value is -3.93. The largest absolute Gasteiger partial charge is 0.457 e. The van der Waals surface area contributed by atoms with Crippen LogP contribution in [0.4, 0.5) is 5.69 Å². The number of carbonyl (C=O) groups excluding carboxylic acids is 3. The summed E-state index contributed by atoms with van der Waals surface area (Å²) >= 11 is 0. The van der Waals surface area contributed by atoms with E-state index in [2.05, 4.69) is 32.9 Å². The molecule has 0 N–H and O–H groups in total. The number of ketones is 1. The molecule has 1 aliphatic rings. The monoisotopic (exact) mass is 499 g/mol. The molecule has 0 saturated carbocycles. The number of anilines is 1. The second-order valence-electron chi connectivity index (χ2n) is 10.6. The topological polar surface area (TPSA) is 72.9 Å². The average Bonchev–Trinajstić information content (AvgIpc) is 3.26. The van der Waals surface area contributed by atoms with Crippen LogP contribution in [0.15, 0.2) is 72.8 Å². The molecule has 37 heavy (non-hydrogen) atoms. The molecule has 6 nitrogen and oxygen atoms in total. The number of nitrogens with zero attached hydrogens (tertiary/aromatic N) is 1. The van der Waals surface area contributed by atoms with Crippen LogP contribution in [0.5, 0.6) is 11.5 Å². The first-order chi connectivity index (χ1) is 17.5. The SMILES string of the molecule is Cc1ccc(C(=O)[C@H](C)OC(=O)[C@H]2CC(=O)N(c3ccc(Oc4ccc(C(C)(C)C)cc4)cc3)C2)cc1. The second-order valence-corrected chi connectivity index (χ2v) is 10.6. The van der Waals surface area contributed by atoms with Crippen LogP contribution in [0.2, 0.25) is 0 Å². The van der Waals surface area contributed by atoms with Gasteiger partial charge in [0.05, 0.1) is 5.92 Å². The lowest BCUT2D eigenvalue weighted by atomic mass is 9.87. The first-order valence-electron chi connectivity index (χ1n) is 12.5. The molecule has 0 aliphatic carbocycles. The van der Waals surface area contributed by atoms with Crippen LogP contribution < -0.4 is 9.64 Å². The maximum absolute atomic E-state index is 12.7. The molecule has 4 rings (SSSR count). The number of ether oxygens (including phenoxy) is 2. The van der Waals surface area contributed by atoms with Crippen molar-refractivity contribution in [3.8, 4) is 11.5 Å². The van der Waals surface area contributed by atoms with Gasteiger partial charge in [-0.1, -0.05) is 62.7 Å². The Labute approximate surface area is 218 Å². The average molecular weight is 500 g/mol. The molecule has 1 amide bonds. The Kier molecular flexibility index (Phi) is 7.48. The lowest BCUT2D eigenvalue weighted by molar-refractivity contribution is -0.151. The molecule has 1 heterocycles. The summed E-state index contributed by atoms with van der Waals surface area (Å²) in [4.78, 5) is 39.6. The summed E-state index contributed by atoms with van der Waals surface area (Å²) in [6.07, 6.45) is -0.879. The number of Topliss-reactive ketones (excluding diaryl/α,β-unsaturated/α-hetero) is 1. The van der Waals surface area contributed by atoms with Crippen molar-refractivity contribution in [2.45, 2.75) is 52.6 Å². The summed E-state index contributed by atoms with van der Waals surface area (Å²) < 4.78 is 11.4. The summed E-state index contributed by atoms with van der Waals surface area (Å²) in [6, 6.07) is 22.3. The van der Waals surface area contributed by atoms with Crippen LogP contribution in [0.1, 0.15) is 55.6 Å². The Morgan fingerprint density at radius 1 is 0.892 bits per heavy atom. The van der Waals surface area contributed by atoms with Gasteiger partial charge in [0.25, 0.3) is 0 Å². The van der Waals surface area contributed by atoms with Crippen molar-refractivity contribution < 1.29 is 23.9 Å². The van der Waals surface area contributed by atoms with Crippen LogP contribution in [0, 0.1) is 12.8 Å². The van der Waals surface area contributed by atoms with Crippen molar-refractivity contribution in [1.29, 1.82) is 0 Å². The Bertz CT molecular complexity index is 1270. The predicted octanol–water partition coefficient (Wildman–Crippen LogP) is 6.25. The van der Waals surface area contributed by atoms with E-state index in [0.29, 0.717) is 17.0 Å². The first-order valence-corrected chi connectivity index (χ1v) is 12.5.